The number of fused-ring (bicyclic) bond motifs is 1. The zero-order chi connectivity index (χ0) is 29.7. The number of ether oxygens (including phenoxy) is 3. The molecule has 222 valence electrons. The van der Waals surface area contributed by atoms with Gasteiger partial charge in [0.15, 0.2) is 16.9 Å². The molecule has 5 rings (SSSR count). The lowest BCUT2D eigenvalue weighted by molar-refractivity contribution is -0.323. The number of aliphatic hydroxyl groups is 7. The molecule has 10 N–H and O–H groups in total. The van der Waals surface area contributed by atoms with Crippen LogP contribution in [0.3, 0.4) is 0 Å². The first-order chi connectivity index (χ1) is 19.4. The van der Waals surface area contributed by atoms with Gasteiger partial charge in [0.2, 0.25) is 6.29 Å². The highest BCUT2D eigenvalue weighted by atomic mass is 16.7. The van der Waals surface area contributed by atoms with E-state index in [4.69, 9.17) is 18.6 Å². The second kappa shape index (κ2) is 11.1. The first-order valence-corrected chi connectivity index (χ1v) is 12.4. The van der Waals surface area contributed by atoms with Gasteiger partial charge in [0.25, 0.3) is 0 Å². The average molecular weight is 580 g/mol. The molecule has 0 spiro atoms. The molecule has 15 nitrogen and oxygen atoms in total. The summed E-state index contributed by atoms with van der Waals surface area (Å²) in [5.41, 5.74) is -0.630. The molecule has 1 aromatic heterocycles. The standard InChI is InChI=1S/C26H28O15/c27-7-16-18(32)19(33)21(35)24(40-16)25-22(36)20(34)23(37)26(41-25)38-9-4-12(30)17-13(31)6-14(39-15(17)5-9)8-1-2-10(28)11(29)3-8/h1-6,16,18-30,32-37H,7H2/t16-,18+,19-,20+,21+,22+,23-,24-,25+,26-/m1/s1. The highest BCUT2D eigenvalue weighted by molar-refractivity contribution is 5.86. The molecule has 0 radical (unpaired) electrons. The SMILES string of the molecule is O=c1cc(-c2ccc(O)c(O)c2)oc2cc(O[C@@H]3O[C@H]([C@@H]4O[C@H](CO)[C@H](O)[C@@H](O)[C@@H]4O)[C@@H](O)[C@H](O)[C@H]3O)cc(O)c12. The Balaban J connectivity index is 1.46. The summed E-state index contributed by atoms with van der Waals surface area (Å²) in [6.07, 6.45) is -17.4. The lowest BCUT2D eigenvalue weighted by Gasteiger charge is -2.48. The Hall–Kier alpha value is -3.51. The maximum absolute atomic E-state index is 12.7. The van der Waals surface area contributed by atoms with Crippen LogP contribution in [-0.2, 0) is 9.47 Å². The van der Waals surface area contributed by atoms with Crippen molar-refractivity contribution in [2.75, 3.05) is 6.61 Å². The molecule has 10 atom stereocenters. The first kappa shape index (κ1) is 29.0. The molecule has 41 heavy (non-hydrogen) atoms. The van der Waals surface area contributed by atoms with Crippen molar-refractivity contribution in [2.24, 2.45) is 0 Å². The van der Waals surface area contributed by atoms with Gasteiger partial charge in [-0.25, -0.2) is 0 Å². The topological polar surface area (TPSA) is 260 Å². The van der Waals surface area contributed by atoms with E-state index >= 15 is 0 Å². The molecular weight excluding hydrogens is 552 g/mol. The number of hydrogen-bond acceptors (Lipinski definition) is 15. The summed E-state index contributed by atoms with van der Waals surface area (Å²) in [6.45, 7) is -0.761. The number of hydrogen-bond donors (Lipinski definition) is 10. The van der Waals surface area contributed by atoms with Crippen LogP contribution in [0.4, 0.5) is 0 Å². The monoisotopic (exact) mass is 580 g/mol. The van der Waals surface area contributed by atoms with Crippen LogP contribution in [0.15, 0.2) is 45.6 Å². The smallest absolute Gasteiger partial charge is 0.229 e. The molecule has 0 unspecified atom stereocenters. The summed E-state index contributed by atoms with van der Waals surface area (Å²) in [7, 11) is 0. The Labute approximate surface area is 229 Å². The average Bonchev–Trinajstić information content (AvgIpc) is 2.93. The Morgan fingerprint density at radius 1 is 0.707 bits per heavy atom. The van der Waals surface area contributed by atoms with Crippen LogP contribution in [0, 0.1) is 0 Å². The van der Waals surface area contributed by atoms with Crippen molar-refractivity contribution in [3.8, 4) is 34.3 Å². The van der Waals surface area contributed by atoms with E-state index < -0.39 is 90.5 Å². The number of rotatable bonds is 5. The molecular formula is C26H28O15. The van der Waals surface area contributed by atoms with E-state index in [-0.39, 0.29) is 28.0 Å². The van der Waals surface area contributed by atoms with Gasteiger partial charge in [-0.3, -0.25) is 4.79 Å². The maximum atomic E-state index is 12.7. The first-order valence-electron chi connectivity index (χ1n) is 12.4. The number of benzene rings is 2. The van der Waals surface area contributed by atoms with E-state index in [1.165, 1.54) is 12.1 Å². The fourth-order valence-electron chi connectivity index (χ4n) is 4.91. The highest BCUT2D eigenvalue weighted by Crippen LogP contribution is 2.36. The van der Waals surface area contributed by atoms with Crippen molar-refractivity contribution in [3.63, 3.8) is 0 Å². The van der Waals surface area contributed by atoms with Crippen molar-refractivity contribution >= 4 is 11.0 Å². The largest absolute Gasteiger partial charge is 0.507 e. The zero-order valence-electron chi connectivity index (χ0n) is 21.0. The zero-order valence-corrected chi connectivity index (χ0v) is 21.0. The van der Waals surface area contributed by atoms with E-state index in [0.717, 1.165) is 24.3 Å². The maximum Gasteiger partial charge on any atom is 0.229 e. The summed E-state index contributed by atoms with van der Waals surface area (Å²) in [6, 6.07) is 6.93. The van der Waals surface area contributed by atoms with Gasteiger partial charge < -0.3 is 69.7 Å². The van der Waals surface area contributed by atoms with Gasteiger partial charge in [-0.15, -0.1) is 0 Å². The van der Waals surface area contributed by atoms with Gasteiger partial charge in [-0.05, 0) is 18.2 Å². The summed E-state index contributed by atoms with van der Waals surface area (Å²) < 4.78 is 22.4. The molecule has 2 fully saturated rings. The molecule has 0 bridgehead atoms. The fourth-order valence-corrected chi connectivity index (χ4v) is 4.91. The van der Waals surface area contributed by atoms with Crippen LogP contribution in [0.5, 0.6) is 23.0 Å². The quantitative estimate of drug-likeness (QED) is 0.141. The predicted molar refractivity (Wildman–Crippen MR) is 134 cm³/mol. The van der Waals surface area contributed by atoms with Crippen molar-refractivity contribution in [1.29, 1.82) is 0 Å². The third-order valence-electron chi connectivity index (χ3n) is 7.16. The van der Waals surface area contributed by atoms with Gasteiger partial charge in [0, 0.05) is 23.8 Å². The third kappa shape index (κ3) is 5.19. The number of phenols is 3. The lowest BCUT2D eigenvalue weighted by atomic mass is 9.87. The van der Waals surface area contributed by atoms with E-state index in [0.29, 0.717) is 0 Å². The minimum atomic E-state index is -1.92. The van der Waals surface area contributed by atoms with Crippen molar-refractivity contribution < 1.29 is 69.7 Å². The van der Waals surface area contributed by atoms with Gasteiger partial charge in [0.1, 0.15) is 83.2 Å². The van der Waals surface area contributed by atoms with Crippen LogP contribution in [-0.4, -0.2) is 119 Å². The Morgan fingerprint density at radius 2 is 1.37 bits per heavy atom. The third-order valence-corrected chi connectivity index (χ3v) is 7.16. The molecule has 3 aromatic rings. The summed E-state index contributed by atoms with van der Waals surface area (Å²) >= 11 is 0. The molecule has 0 saturated carbocycles. The second-order valence-corrected chi connectivity index (χ2v) is 9.85. The van der Waals surface area contributed by atoms with Crippen LogP contribution in [0.1, 0.15) is 0 Å². The van der Waals surface area contributed by atoms with Crippen molar-refractivity contribution in [1.82, 2.24) is 0 Å². The molecule has 3 heterocycles. The molecule has 2 aliphatic rings. The van der Waals surface area contributed by atoms with Gasteiger partial charge in [-0.2, -0.15) is 0 Å². The summed E-state index contributed by atoms with van der Waals surface area (Å²) in [4.78, 5) is 12.7. The Kier molecular flexibility index (Phi) is 7.82. The normalized spacial score (nSPS) is 34.0. The predicted octanol–water partition coefficient (Wildman–Crippen LogP) is -2.39. The van der Waals surface area contributed by atoms with E-state index in [1.807, 2.05) is 0 Å². The van der Waals surface area contributed by atoms with Crippen LogP contribution in [0.25, 0.3) is 22.3 Å². The summed E-state index contributed by atoms with van der Waals surface area (Å²) in [5.74, 6) is -1.72. The van der Waals surface area contributed by atoms with Crippen molar-refractivity contribution in [2.45, 2.75) is 61.2 Å². The number of aromatic hydroxyl groups is 3. The van der Waals surface area contributed by atoms with Gasteiger partial charge in [0.05, 0.1) is 6.61 Å². The highest BCUT2D eigenvalue weighted by Gasteiger charge is 2.54. The van der Waals surface area contributed by atoms with Crippen LogP contribution in [0.2, 0.25) is 0 Å². The fraction of sp³-hybridized carbons (Fsp3) is 0.423. The van der Waals surface area contributed by atoms with Crippen LogP contribution < -0.4 is 10.2 Å². The lowest BCUT2D eigenvalue weighted by Crippen LogP contribution is -2.68. The molecule has 15 heteroatoms. The molecule has 0 amide bonds. The molecule has 2 saturated heterocycles. The van der Waals surface area contributed by atoms with E-state index in [9.17, 15) is 55.9 Å². The molecule has 2 aromatic carbocycles. The second-order valence-electron chi connectivity index (χ2n) is 9.85. The minimum absolute atomic E-state index is 0.0375. The van der Waals surface area contributed by atoms with Gasteiger partial charge in [-0.1, -0.05) is 0 Å². The van der Waals surface area contributed by atoms with E-state index in [2.05, 4.69) is 0 Å². The van der Waals surface area contributed by atoms with Crippen LogP contribution >= 0.6 is 0 Å². The minimum Gasteiger partial charge on any atom is -0.507 e. The number of aliphatic hydroxyl groups excluding tert-OH is 7. The Bertz CT molecular complexity index is 1470. The Morgan fingerprint density at radius 3 is 2.02 bits per heavy atom. The van der Waals surface area contributed by atoms with Crippen molar-refractivity contribution in [3.05, 3.63) is 46.6 Å². The van der Waals surface area contributed by atoms with E-state index in [1.54, 1.807) is 0 Å². The molecule has 0 aliphatic carbocycles. The number of phenolic OH excluding ortho intramolecular Hbond substituents is 3. The van der Waals surface area contributed by atoms with Gasteiger partial charge >= 0.3 is 0 Å². The molecule has 2 aliphatic heterocycles. The summed E-state index contributed by atoms with van der Waals surface area (Å²) in [5, 5.41) is 101.